The molecule has 0 aliphatic rings. The molecule has 0 fully saturated rings. The van der Waals surface area contributed by atoms with Crippen LogP contribution in [0, 0.1) is 0 Å². The molecule has 80 valence electrons. The summed E-state index contributed by atoms with van der Waals surface area (Å²) in [4.78, 5) is 24.9. The minimum atomic E-state index is -1.01. The van der Waals surface area contributed by atoms with E-state index in [1.54, 1.807) is 17.1 Å². The summed E-state index contributed by atoms with van der Waals surface area (Å²) >= 11 is 0. The molecule has 1 rings (SSSR count). The molecule has 0 unspecified atom stereocenters. The van der Waals surface area contributed by atoms with Gasteiger partial charge in [0.15, 0.2) is 0 Å². The number of nitrogens with zero attached hydrogens (tertiary/aromatic N) is 2. The molecule has 0 atom stereocenters. The number of carboxylic acid groups (broad SMARTS) is 1. The highest BCUT2D eigenvalue weighted by Crippen LogP contribution is 2.00. The van der Waals surface area contributed by atoms with Crippen LogP contribution in [0.25, 0.3) is 6.08 Å². The second-order valence-corrected chi connectivity index (χ2v) is 3.16. The van der Waals surface area contributed by atoms with Gasteiger partial charge in [0.1, 0.15) is 5.78 Å². The summed E-state index contributed by atoms with van der Waals surface area (Å²) in [7, 11) is 0. The molecule has 1 aromatic rings. The second kappa shape index (κ2) is 5.09. The van der Waals surface area contributed by atoms with Crippen molar-refractivity contribution in [2.75, 3.05) is 0 Å². The first-order valence-electron chi connectivity index (χ1n) is 4.50. The van der Waals surface area contributed by atoms with Gasteiger partial charge in [-0.2, -0.15) is 0 Å². The molecule has 5 heteroatoms. The highest BCUT2D eigenvalue weighted by atomic mass is 16.4. The van der Waals surface area contributed by atoms with Crippen molar-refractivity contribution in [1.29, 1.82) is 0 Å². The molecule has 5 nitrogen and oxygen atoms in total. The molecule has 0 saturated heterocycles. The third-order valence-corrected chi connectivity index (χ3v) is 1.77. The van der Waals surface area contributed by atoms with Crippen molar-refractivity contribution in [1.82, 2.24) is 9.55 Å². The fourth-order valence-corrected chi connectivity index (χ4v) is 1.03. The number of carboxylic acids is 1. The van der Waals surface area contributed by atoms with Crippen LogP contribution in [0.4, 0.5) is 0 Å². The van der Waals surface area contributed by atoms with Crippen molar-refractivity contribution in [3.05, 3.63) is 24.3 Å². The molecule has 1 aromatic heterocycles. The molecule has 0 amide bonds. The van der Waals surface area contributed by atoms with E-state index in [1.807, 2.05) is 0 Å². The Morgan fingerprint density at radius 2 is 2.33 bits per heavy atom. The Balaban J connectivity index is 2.56. The van der Waals surface area contributed by atoms with E-state index in [9.17, 15) is 9.59 Å². The average Bonchev–Trinajstić information content (AvgIpc) is 2.59. The molecule has 0 aliphatic heterocycles. The van der Waals surface area contributed by atoms with Crippen LogP contribution in [-0.4, -0.2) is 26.4 Å². The minimum Gasteiger partial charge on any atom is -0.478 e. The average molecular weight is 208 g/mol. The smallest absolute Gasteiger partial charge is 0.328 e. The van der Waals surface area contributed by atoms with Crippen LogP contribution < -0.4 is 0 Å². The molecule has 1 N–H and O–H groups in total. The number of aromatic nitrogens is 2. The first kappa shape index (κ1) is 11.2. The number of imidazole rings is 1. The van der Waals surface area contributed by atoms with Crippen LogP contribution in [0.5, 0.6) is 0 Å². The predicted molar refractivity (Wildman–Crippen MR) is 54.2 cm³/mol. The lowest BCUT2D eigenvalue weighted by Gasteiger charge is -1.96. The number of ketones is 1. The molecule has 1 heterocycles. The van der Waals surface area contributed by atoms with E-state index in [0.29, 0.717) is 18.7 Å². The predicted octanol–water partition coefficient (Wildman–Crippen LogP) is 0.960. The van der Waals surface area contributed by atoms with Gasteiger partial charge in [-0.05, 0) is 13.0 Å². The minimum absolute atomic E-state index is 0.117. The summed E-state index contributed by atoms with van der Waals surface area (Å²) in [6.07, 6.45) is 6.16. The monoisotopic (exact) mass is 208 g/mol. The fourth-order valence-electron chi connectivity index (χ4n) is 1.03. The first-order chi connectivity index (χ1) is 7.08. The van der Waals surface area contributed by atoms with E-state index in [4.69, 9.17) is 5.11 Å². The van der Waals surface area contributed by atoms with E-state index >= 15 is 0 Å². The van der Waals surface area contributed by atoms with E-state index in [2.05, 4.69) is 4.98 Å². The standard InChI is InChI=1S/C10H12N2O3/c1-8(13)4-5-12-6-9(11-7-12)2-3-10(14)15/h2-3,6-7H,4-5H2,1H3,(H,14,15)/b3-2+. The van der Waals surface area contributed by atoms with Gasteiger partial charge >= 0.3 is 5.97 Å². The Hall–Kier alpha value is -1.91. The van der Waals surface area contributed by atoms with Crippen molar-refractivity contribution in [3.8, 4) is 0 Å². The van der Waals surface area contributed by atoms with Gasteiger partial charge in [0, 0.05) is 25.2 Å². The summed E-state index contributed by atoms with van der Waals surface area (Å²) in [6.45, 7) is 2.10. The lowest BCUT2D eigenvalue weighted by atomic mass is 10.3. The molecule has 0 spiro atoms. The Kier molecular flexibility index (Phi) is 3.79. The third kappa shape index (κ3) is 4.21. The lowest BCUT2D eigenvalue weighted by Crippen LogP contribution is -1.99. The summed E-state index contributed by atoms with van der Waals surface area (Å²) in [5, 5.41) is 8.39. The molecule has 0 bridgehead atoms. The zero-order valence-corrected chi connectivity index (χ0v) is 8.38. The lowest BCUT2D eigenvalue weighted by molar-refractivity contribution is -0.131. The highest BCUT2D eigenvalue weighted by molar-refractivity contribution is 5.84. The Morgan fingerprint density at radius 3 is 2.93 bits per heavy atom. The van der Waals surface area contributed by atoms with Crippen LogP contribution in [-0.2, 0) is 16.1 Å². The maximum Gasteiger partial charge on any atom is 0.328 e. The number of hydrogen-bond donors (Lipinski definition) is 1. The van der Waals surface area contributed by atoms with Gasteiger partial charge in [0.25, 0.3) is 0 Å². The summed E-state index contributed by atoms with van der Waals surface area (Å²) in [5.41, 5.74) is 0.570. The Morgan fingerprint density at radius 1 is 1.60 bits per heavy atom. The van der Waals surface area contributed by atoms with Gasteiger partial charge < -0.3 is 9.67 Å². The van der Waals surface area contributed by atoms with Crippen molar-refractivity contribution in [3.63, 3.8) is 0 Å². The topological polar surface area (TPSA) is 72.2 Å². The third-order valence-electron chi connectivity index (χ3n) is 1.77. The normalized spacial score (nSPS) is 10.7. The molecule has 0 aliphatic carbocycles. The summed E-state index contributed by atoms with van der Waals surface area (Å²) in [5.74, 6) is -0.889. The van der Waals surface area contributed by atoms with Crippen molar-refractivity contribution >= 4 is 17.8 Å². The van der Waals surface area contributed by atoms with Gasteiger partial charge in [-0.25, -0.2) is 9.78 Å². The van der Waals surface area contributed by atoms with Gasteiger partial charge in [-0.3, -0.25) is 4.79 Å². The van der Waals surface area contributed by atoms with E-state index in [0.717, 1.165) is 6.08 Å². The summed E-state index contributed by atoms with van der Waals surface area (Å²) < 4.78 is 1.75. The molecular formula is C10H12N2O3. The maximum atomic E-state index is 10.7. The van der Waals surface area contributed by atoms with Gasteiger partial charge in [-0.15, -0.1) is 0 Å². The number of hydrogen-bond acceptors (Lipinski definition) is 3. The van der Waals surface area contributed by atoms with E-state index in [1.165, 1.54) is 13.0 Å². The number of carbonyl (C=O) groups is 2. The quantitative estimate of drug-likeness (QED) is 0.731. The number of aryl methyl sites for hydroxylation is 1. The zero-order chi connectivity index (χ0) is 11.3. The van der Waals surface area contributed by atoms with Gasteiger partial charge in [0.05, 0.1) is 12.0 Å². The van der Waals surface area contributed by atoms with E-state index in [-0.39, 0.29) is 5.78 Å². The van der Waals surface area contributed by atoms with Crippen LogP contribution >= 0.6 is 0 Å². The van der Waals surface area contributed by atoms with Gasteiger partial charge in [-0.1, -0.05) is 0 Å². The molecule has 0 radical (unpaired) electrons. The Labute approximate surface area is 87.1 Å². The highest BCUT2D eigenvalue weighted by Gasteiger charge is 1.98. The van der Waals surface area contributed by atoms with Crippen LogP contribution in [0.15, 0.2) is 18.6 Å². The van der Waals surface area contributed by atoms with Gasteiger partial charge in [0.2, 0.25) is 0 Å². The number of carbonyl (C=O) groups excluding carboxylic acids is 1. The van der Waals surface area contributed by atoms with E-state index < -0.39 is 5.97 Å². The SMILES string of the molecule is CC(=O)CCn1cnc(/C=C/C(=O)O)c1. The molecular weight excluding hydrogens is 196 g/mol. The maximum absolute atomic E-state index is 10.7. The number of Topliss-reactive ketones (excluding diaryl/α,β-unsaturated/α-hetero) is 1. The summed E-state index contributed by atoms with van der Waals surface area (Å²) in [6, 6.07) is 0. The Bertz CT molecular complexity index is 393. The zero-order valence-electron chi connectivity index (χ0n) is 8.38. The van der Waals surface area contributed by atoms with Crippen LogP contribution in [0.1, 0.15) is 19.0 Å². The largest absolute Gasteiger partial charge is 0.478 e. The van der Waals surface area contributed by atoms with Crippen LogP contribution in [0.3, 0.4) is 0 Å². The van der Waals surface area contributed by atoms with Crippen molar-refractivity contribution < 1.29 is 14.7 Å². The number of rotatable bonds is 5. The number of aliphatic carboxylic acids is 1. The molecule has 0 aromatic carbocycles. The fraction of sp³-hybridized carbons (Fsp3) is 0.300. The molecule has 15 heavy (non-hydrogen) atoms. The second-order valence-electron chi connectivity index (χ2n) is 3.16. The van der Waals surface area contributed by atoms with Crippen molar-refractivity contribution in [2.45, 2.75) is 19.9 Å². The van der Waals surface area contributed by atoms with Crippen LogP contribution in [0.2, 0.25) is 0 Å². The first-order valence-corrected chi connectivity index (χ1v) is 4.50. The molecule has 0 saturated carbocycles. The van der Waals surface area contributed by atoms with Crippen molar-refractivity contribution in [2.24, 2.45) is 0 Å².